The number of benzene rings is 2. The zero-order chi connectivity index (χ0) is 24.2. The minimum absolute atomic E-state index is 0.00803. The Balaban J connectivity index is 1.19. The van der Waals surface area contributed by atoms with Gasteiger partial charge in [-0.15, -0.1) is 0 Å². The van der Waals surface area contributed by atoms with E-state index in [0.717, 1.165) is 16.8 Å². The highest BCUT2D eigenvalue weighted by Gasteiger charge is 2.25. The zero-order valence-electron chi connectivity index (χ0n) is 18.6. The predicted molar refractivity (Wildman–Crippen MR) is 124 cm³/mol. The third kappa shape index (κ3) is 4.96. The average molecular weight is 469 g/mol. The van der Waals surface area contributed by atoms with Crippen LogP contribution in [0.1, 0.15) is 27.9 Å². The molecule has 8 nitrogen and oxygen atoms in total. The highest BCUT2D eigenvalue weighted by molar-refractivity contribution is 5.69. The first-order chi connectivity index (χ1) is 17.1. The Hall–Kier alpha value is -4.71. The lowest BCUT2D eigenvalue weighted by Crippen LogP contribution is -2.19. The maximum absolute atomic E-state index is 14.1. The molecular formula is C26H20FN5O3. The van der Waals surface area contributed by atoms with Crippen molar-refractivity contribution in [3.05, 3.63) is 107 Å². The molecule has 0 aliphatic carbocycles. The van der Waals surface area contributed by atoms with Crippen molar-refractivity contribution < 1.29 is 18.7 Å². The minimum atomic E-state index is -0.529. The van der Waals surface area contributed by atoms with Gasteiger partial charge in [0.2, 0.25) is 5.88 Å². The van der Waals surface area contributed by atoms with E-state index in [1.807, 2.05) is 53.4 Å². The number of carbonyl (C=O) groups is 1. The summed E-state index contributed by atoms with van der Waals surface area (Å²) in [5.74, 6) is 0.536. The van der Waals surface area contributed by atoms with Gasteiger partial charge in [0.1, 0.15) is 24.8 Å². The van der Waals surface area contributed by atoms with Gasteiger partial charge in [-0.05, 0) is 23.8 Å². The Morgan fingerprint density at radius 2 is 1.91 bits per heavy atom. The van der Waals surface area contributed by atoms with Crippen molar-refractivity contribution in [3.63, 3.8) is 0 Å². The number of pyridine rings is 1. The Bertz CT molecular complexity index is 1390. The molecule has 2 aromatic carbocycles. The Kier molecular flexibility index (Phi) is 6.09. The van der Waals surface area contributed by atoms with Gasteiger partial charge in [-0.25, -0.2) is 9.18 Å². The summed E-state index contributed by atoms with van der Waals surface area (Å²) in [5.41, 5.74) is 3.18. The molecule has 0 fully saturated rings. The van der Waals surface area contributed by atoms with Crippen LogP contribution in [-0.2, 0) is 31.0 Å². The number of aromatic nitrogens is 3. The van der Waals surface area contributed by atoms with Crippen molar-refractivity contribution in [2.45, 2.75) is 26.3 Å². The van der Waals surface area contributed by atoms with Crippen LogP contribution < -0.4 is 9.64 Å². The fourth-order valence-corrected chi connectivity index (χ4v) is 3.74. The Morgan fingerprint density at radius 1 is 1.06 bits per heavy atom. The maximum atomic E-state index is 14.1. The second kappa shape index (κ2) is 9.65. The summed E-state index contributed by atoms with van der Waals surface area (Å²) in [6.07, 6.45) is 1.15. The molecule has 0 amide bonds. The number of nitrogens with zero attached hydrogens (tertiary/aromatic N) is 5. The number of fused-ring (bicyclic) bond motifs is 1. The van der Waals surface area contributed by atoms with Gasteiger partial charge in [0, 0.05) is 29.9 Å². The first kappa shape index (κ1) is 22.1. The van der Waals surface area contributed by atoms with Crippen LogP contribution in [0.15, 0.2) is 72.9 Å². The van der Waals surface area contributed by atoms with E-state index in [9.17, 15) is 9.18 Å². The van der Waals surface area contributed by atoms with Crippen LogP contribution in [0.3, 0.4) is 0 Å². The van der Waals surface area contributed by atoms with Crippen LogP contribution in [0.25, 0.3) is 0 Å². The molecule has 0 unspecified atom stereocenters. The zero-order valence-corrected chi connectivity index (χ0v) is 18.6. The van der Waals surface area contributed by atoms with Gasteiger partial charge in [0.25, 0.3) is 0 Å². The second-order valence-corrected chi connectivity index (χ2v) is 7.98. The second-order valence-electron chi connectivity index (χ2n) is 7.98. The van der Waals surface area contributed by atoms with Gasteiger partial charge < -0.3 is 14.4 Å². The molecule has 0 N–H and O–H groups in total. The quantitative estimate of drug-likeness (QED) is 0.408. The van der Waals surface area contributed by atoms with Crippen LogP contribution in [0, 0.1) is 17.1 Å². The molecule has 0 saturated heterocycles. The van der Waals surface area contributed by atoms with Crippen LogP contribution in [0.5, 0.6) is 5.88 Å². The van der Waals surface area contributed by atoms with Crippen molar-refractivity contribution in [3.8, 4) is 11.9 Å². The third-order valence-corrected chi connectivity index (χ3v) is 5.56. The van der Waals surface area contributed by atoms with Gasteiger partial charge in [0.15, 0.2) is 0 Å². The molecule has 35 heavy (non-hydrogen) atoms. The van der Waals surface area contributed by atoms with E-state index >= 15 is 0 Å². The van der Waals surface area contributed by atoms with Crippen molar-refractivity contribution in [2.75, 3.05) is 4.90 Å². The average Bonchev–Trinajstić information content (AvgIpc) is 3.47. The topological polar surface area (TPSA) is 93.3 Å². The molecule has 2 aromatic heterocycles. The molecule has 1 aliphatic rings. The molecule has 0 atom stereocenters. The van der Waals surface area contributed by atoms with Gasteiger partial charge in [0.05, 0.1) is 23.9 Å². The maximum Gasteiger partial charge on any atom is 0.435 e. The van der Waals surface area contributed by atoms with Crippen LogP contribution in [0.2, 0.25) is 0 Å². The normalized spacial score (nSPS) is 12.2. The summed E-state index contributed by atoms with van der Waals surface area (Å²) in [6, 6.07) is 21.0. The molecule has 0 radical (unpaired) electrons. The van der Waals surface area contributed by atoms with E-state index in [4.69, 9.17) is 14.7 Å². The molecule has 0 bridgehead atoms. The first-order valence-corrected chi connectivity index (χ1v) is 10.9. The van der Waals surface area contributed by atoms with Gasteiger partial charge in [-0.1, -0.05) is 42.5 Å². The number of halogens is 1. The fourth-order valence-electron chi connectivity index (χ4n) is 3.74. The first-order valence-electron chi connectivity index (χ1n) is 10.9. The molecular weight excluding hydrogens is 449 g/mol. The summed E-state index contributed by atoms with van der Waals surface area (Å²) in [6.45, 7) is 1.18. The Morgan fingerprint density at radius 3 is 2.69 bits per heavy atom. The molecule has 9 heteroatoms. The summed E-state index contributed by atoms with van der Waals surface area (Å²) >= 11 is 0. The van der Waals surface area contributed by atoms with Crippen LogP contribution >= 0.6 is 0 Å². The highest BCUT2D eigenvalue weighted by atomic mass is 19.1. The molecule has 0 spiro atoms. The lowest BCUT2D eigenvalue weighted by Gasteiger charge is -2.17. The van der Waals surface area contributed by atoms with E-state index in [-0.39, 0.29) is 18.8 Å². The highest BCUT2D eigenvalue weighted by Crippen LogP contribution is 2.27. The van der Waals surface area contributed by atoms with E-state index in [1.165, 1.54) is 16.8 Å². The largest absolute Gasteiger partial charge is 0.473 e. The molecule has 3 heterocycles. The van der Waals surface area contributed by atoms with Gasteiger partial charge in [-0.2, -0.15) is 20.0 Å². The summed E-state index contributed by atoms with van der Waals surface area (Å²) in [7, 11) is 0. The van der Waals surface area contributed by atoms with E-state index < -0.39 is 11.9 Å². The van der Waals surface area contributed by atoms with Gasteiger partial charge >= 0.3 is 6.09 Å². The molecule has 4 aromatic rings. The van der Waals surface area contributed by atoms with E-state index in [1.54, 1.807) is 18.3 Å². The third-order valence-electron chi connectivity index (χ3n) is 5.56. The van der Waals surface area contributed by atoms with E-state index in [0.29, 0.717) is 30.4 Å². The number of rotatable bonds is 6. The predicted octanol–water partition coefficient (Wildman–Crippen LogP) is 4.57. The summed E-state index contributed by atoms with van der Waals surface area (Å²) in [4.78, 5) is 18.9. The van der Waals surface area contributed by atoms with E-state index in [2.05, 4.69) is 10.1 Å². The van der Waals surface area contributed by atoms with Crippen molar-refractivity contribution in [1.29, 1.82) is 5.26 Å². The lowest BCUT2D eigenvalue weighted by molar-refractivity contribution is 0.137. The van der Waals surface area contributed by atoms with Crippen LogP contribution in [0.4, 0.5) is 15.0 Å². The molecule has 5 rings (SSSR count). The number of anilines is 1. The van der Waals surface area contributed by atoms with Crippen LogP contribution in [-0.4, -0.2) is 20.9 Å². The minimum Gasteiger partial charge on any atom is -0.473 e. The van der Waals surface area contributed by atoms with Crippen molar-refractivity contribution in [1.82, 2.24) is 14.8 Å². The van der Waals surface area contributed by atoms with Crippen molar-refractivity contribution >= 4 is 11.9 Å². The molecule has 1 aliphatic heterocycles. The smallest absolute Gasteiger partial charge is 0.435 e. The number of hydrogen-bond acceptors (Lipinski definition) is 7. The summed E-state index contributed by atoms with van der Waals surface area (Å²) in [5, 5.41) is 13.2. The lowest BCUT2D eigenvalue weighted by atomic mass is 10.1. The molecule has 0 saturated carbocycles. The Labute approximate surface area is 200 Å². The summed E-state index contributed by atoms with van der Waals surface area (Å²) < 4.78 is 26.3. The number of carbonyl (C=O) groups excluding carboxylic acids is 1. The number of hydrogen-bond donors (Lipinski definition) is 0. The van der Waals surface area contributed by atoms with Gasteiger partial charge in [-0.3, -0.25) is 0 Å². The number of nitriles is 1. The number of ether oxygens (including phenoxy) is 2. The standard InChI is InChI=1S/C26H20FN5O3/c27-22-11-19(12-28)9-10-20(22)17-34-25-8-4-7-24(29-25)31-13-21-14-32(30-23(21)15-31)26(33)35-16-18-5-2-1-3-6-18/h1-11,14H,13,15-17H2. The van der Waals surface area contributed by atoms with Crippen molar-refractivity contribution in [2.24, 2.45) is 0 Å². The molecule has 174 valence electrons. The monoisotopic (exact) mass is 469 g/mol. The SMILES string of the molecule is N#Cc1ccc(COc2cccc(N3Cc4cn(C(=O)OCc5ccccc5)nc4C3)n2)c(F)c1. The fraction of sp³-hybridized carbons (Fsp3) is 0.154.